The van der Waals surface area contributed by atoms with Gasteiger partial charge in [-0.05, 0) is 6.07 Å². The maximum absolute atomic E-state index is 12.0. The molecule has 9 heteroatoms. The highest BCUT2D eigenvalue weighted by atomic mass is 35.5. The van der Waals surface area contributed by atoms with Crippen LogP contribution in [-0.4, -0.2) is 20.6 Å². The van der Waals surface area contributed by atoms with E-state index in [9.17, 15) is 14.9 Å². The van der Waals surface area contributed by atoms with E-state index in [2.05, 4.69) is 10.4 Å². The summed E-state index contributed by atoms with van der Waals surface area (Å²) in [4.78, 5) is 22.1. The van der Waals surface area contributed by atoms with Crippen molar-refractivity contribution < 1.29 is 9.72 Å². The monoisotopic (exact) mass is 314 g/mol. The normalized spacial score (nSPS) is 10.3. The predicted molar refractivity (Wildman–Crippen MR) is 74.3 cm³/mol. The van der Waals surface area contributed by atoms with E-state index in [1.165, 1.54) is 10.7 Å². The van der Waals surface area contributed by atoms with Crippen molar-refractivity contribution in [3.8, 4) is 0 Å². The fourth-order valence-electron chi connectivity index (χ4n) is 1.51. The standard InChI is InChI=1S/C11H8Cl2N4O3/c1-16-3-2-9(15-16)14-11(18)6-4-7(12)10(13)8(5-6)17(19)20/h2-5H,1H3,(H,14,15,18). The minimum absolute atomic E-state index is 0.0248. The molecule has 1 heterocycles. The lowest BCUT2D eigenvalue weighted by atomic mass is 10.2. The number of halogens is 2. The molecule has 0 saturated heterocycles. The number of nitrogens with zero attached hydrogens (tertiary/aromatic N) is 3. The molecule has 0 aliphatic rings. The Kier molecular flexibility index (Phi) is 3.91. The van der Waals surface area contributed by atoms with Crippen LogP contribution in [0.2, 0.25) is 10.0 Å². The number of carbonyl (C=O) groups excluding carboxylic acids is 1. The molecule has 0 bridgehead atoms. The second-order valence-corrected chi connectivity index (χ2v) is 4.66. The molecule has 1 N–H and O–H groups in total. The molecule has 2 rings (SSSR count). The van der Waals surface area contributed by atoms with Crippen LogP contribution in [0.25, 0.3) is 0 Å². The van der Waals surface area contributed by atoms with E-state index >= 15 is 0 Å². The second-order valence-electron chi connectivity index (χ2n) is 3.88. The summed E-state index contributed by atoms with van der Waals surface area (Å²) in [5.74, 6) is -0.239. The first kappa shape index (κ1) is 14.3. The summed E-state index contributed by atoms with van der Waals surface area (Å²) in [6.07, 6.45) is 1.65. The number of aryl methyl sites for hydroxylation is 1. The van der Waals surface area contributed by atoms with Crippen LogP contribution >= 0.6 is 23.2 Å². The van der Waals surface area contributed by atoms with Crippen molar-refractivity contribution in [3.05, 3.63) is 50.1 Å². The van der Waals surface area contributed by atoms with Crippen LogP contribution in [0, 0.1) is 10.1 Å². The Hall–Kier alpha value is -2.12. The molecule has 0 unspecified atom stereocenters. The molecule has 1 amide bonds. The molecule has 1 aromatic heterocycles. The second kappa shape index (κ2) is 5.48. The molecule has 1 aromatic carbocycles. The van der Waals surface area contributed by atoms with Gasteiger partial charge in [0, 0.05) is 30.9 Å². The zero-order valence-electron chi connectivity index (χ0n) is 10.1. The summed E-state index contributed by atoms with van der Waals surface area (Å²) >= 11 is 11.5. The van der Waals surface area contributed by atoms with Crippen LogP contribution in [0.5, 0.6) is 0 Å². The average molecular weight is 315 g/mol. The van der Waals surface area contributed by atoms with Gasteiger partial charge >= 0.3 is 0 Å². The number of hydrogen-bond acceptors (Lipinski definition) is 4. The molecule has 0 aliphatic carbocycles. The lowest BCUT2D eigenvalue weighted by Gasteiger charge is -2.04. The van der Waals surface area contributed by atoms with Gasteiger partial charge in [-0.15, -0.1) is 0 Å². The quantitative estimate of drug-likeness (QED) is 0.696. The van der Waals surface area contributed by atoms with E-state index in [0.29, 0.717) is 5.82 Å². The fourth-order valence-corrected chi connectivity index (χ4v) is 1.90. The fraction of sp³-hybridized carbons (Fsp3) is 0.0909. The number of nitro benzene ring substituents is 1. The molecule has 0 atom stereocenters. The minimum atomic E-state index is -0.703. The molecule has 104 valence electrons. The summed E-state index contributed by atoms with van der Waals surface area (Å²) in [6, 6.07) is 3.91. The van der Waals surface area contributed by atoms with Crippen molar-refractivity contribution in [3.63, 3.8) is 0 Å². The Labute approximate surface area is 123 Å². The molecule has 0 spiro atoms. The lowest BCUT2D eigenvalue weighted by molar-refractivity contribution is -0.384. The summed E-state index contributed by atoms with van der Waals surface area (Å²) in [5.41, 5.74) is -0.401. The van der Waals surface area contributed by atoms with Crippen molar-refractivity contribution in [2.24, 2.45) is 7.05 Å². The Morgan fingerprint density at radius 3 is 2.70 bits per heavy atom. The van der Waals surface area contributed by atoms with Gasteiger partial charge in [-0.3, -0.25) is 19.6 Å². The third-order valence-corrected chi connectivity index (χ3v) is 3.22. The van der Waals surface area contributed by atoms with Gasteiger partial charge in [0.05, 0.1) is 9.95 Å². The van der Waals surface area contributed by atoms with Crippen molar-refractivity contribution in [1.29, 1.82) is 0 Å². The molecule has 0 aliphatic heterocycles. The van der Waals surface area contributed by atoms with E-state index in [4.69, 9.17) is 23.2 Å². The number of hydrogen-bond donors (Lipinski definition) is 1. The van der Waals surface area contributed by atoms with Crippen molar-refractivity contribution >= 4 is 40.6 Å². The highest BCUT2D eigenvalue weighted by molar-refractivity contribution is 6.43. The molecular formula is C11H8Cl2N4O3. The first-order valence-corrected chi connectivity index (χ1v) is 6.08. The first-order chi connectivity index (χ1) is 9.38. The minimum Gasteiger partial charge on any atom is -0.305 e. The largest absolute Gasteiger partial charge is 0.305 e. The van der Waals surface area contributed by atoms with Crippen molar-refractivity contribution in [1.82, 2.24) is 9.78 Å². The lowest BCUT2D eigenvalue weighted by Crippen LogP contribution is -2.13. The first-order valence-electron chi connectivity index (χ1n) is 5.33. The van der Waals surface area contributed by atoms with E-state index in [1.807, 2.05) is 0 Å². The number of anilines is 1. The predicted octanol–water partition coefficient (Wildman–Crippen LogP) is 2.89. The molecular weight excluding hydrogens is 307 g/mol. The molecule has 0 saturated carbocycles. The Balaban J connectivity index is 2.32. The van der Waals surface area contributed by atoms with Gasteiger partial charge in [0.25, 0.3) is 11.6 Å². The van der Waals surface area contributed by atoms with Crippen LogP contribution in [-0.2, 0) is 7.05 Å². The molecule has 0 radical (unpaired) electrons. The van der Waals surface area contributed by atoms with E-state index in [0.717, 1.165) is 6.07 Å². The average Bonchev–Trinajstić information content (AvgIpc) is 2.77. The summed E-state index contributed by atoms with van der Waals surface area (Å²) in [5, 5.41) is 17.0. The smallest absolute Gasteiger partial charge is 0.290 e. The number of carbonyl (C=O) groups is 1. The van der Waals surface area contributed by atoms with Gasteiger partial charge in [0.15, 0.2) is 5.82 Å². The Bertz CT molecular complexity index is 699. The summed E-state index contributed by atoms with van der Waals surface area (Å²) in [6.45, 7) is 0. The van der Waals surface area contributed by atoms with Gasteiger partial charge in [0.1, 0.15) is 5.02 Å². The number of aromatic nitrogens is 2. The third-order valence-electron chi connectivity index (χ3n) is 2.42. The van der Waals surface area contributed by atoms with E-state index < -0.39 is 16.5 Å². The van der Waals surface area contributed by atoms with Crippen molar-refractivity contribution in [2.45, 2.75) is 0 Å². The Morgan fingerprint density at radius 2 is 2.15 bits per heavy atom. The van der Waals surface area contributed by atoms with Gasteiger partial charge < -0.3 is 5.32 Å². The van der Waals surface area contributed by atoms with E-state index in [-0.39, 0.29) is 15.6 Å². The molecule has 2 aromatic rings. The summed E-state index contributed by atoms with van der Waals surface area (Å²) in [7, 11) is 1.69. The third kappa shape index (κ3) is 2.89. The van der Waals surface area contributed by atoms with Crippen LogP contribution < -0.4 is 5.32 Å². The van der Waals surface area contributed by atoms with Gasteiger partial charge in [0.2, 0.25) is 0 Å². The number of rotatable bonds is 3. The van der Waals surface area contributed by atoms with Gasteiger partial charge in [-0.2, -0.15) is 5.10 Å². The number of amides is 1. The SMILES string of the molecule is Cn1ccc(NC(=O)c2cc(Cl)c(Cl)c([N+](=O)[O-])c2)n1. The van der Waals surface area contributed by atoms with Gasteiger partial charge in [-0.25, -0.2) is 0 Å². The number of nitro groups is 1. The number of benzene rings is 1. The summed E-state index contributed by atoms with van der Waals surface area (Å²) < 4.78 is 1.51. The zero-order chi connectivity index (χ0) is 14.9. The van der Waals surface area contributed by atoms with Crippen molar-refractivity contribution in [2.75, 3.05) is 5.32 Å². The van der Waals surface area contributed by atoms with E-state index in [1.54, 1.807) is 19.3 Å². The van der Waals surface area contributed by atoms with Gasteiger partial charge in [-0.1, -0.05) is 23.2 Å². The van der Waals surface area contributed by atoms with Crippen LogP contribution in [0.1, 0.15) is 10.4 Å². The zero-order valence-corrected chi connectivity index (χ0v) is 11.6. The van der Waals surface area contributed by atoms with Crippen LogP contribution in [0.15, 0.2) is 24.4 Å². The van der Waals surface area contributed by atoms with Crippen LogP contribution in [0.3, 0.4) is 0 Å². The highest BCUT2D eigenvalue weighted by Gasteiger charge is 2.20. The number of nitrogens with one attached hydrogen (secondary N) is 1. The molecule has 0 fully saturated rings. The maximum Gasteiger partial charge on any atom is 0.290 e. The highest BCUT2D eigenvalue weighted by Crippen LogP contribution is 2.33. The maximum atomic E-state index is 12.0. The molecule has 7 nitrogen and oxygen atoms in total. The van der Waals surface area contributed by atoms with Crippen LogP contribution in [0.4, 0.5) is 11.5 Å². The topological polar surface area (TPSA) is 90.1 Å². The molecule has 20 heavy (non-hydrogen) atoms. The Morgan fingerprint density at radius 1 is 1.45 bits per heavy atom.